The summed E-state index contributed by atoms with van der Waals surface area (Å²) >= 11 is 17.2. The van der Waals surface area contributed by atoms with E-state index in [1.807, 2.05) is 31.2 Å². The van der Waals surface area contributed by atoms with Gasteiger partial charge >= 0.3 is 0 Å². The van der Waals surface area contributed by atoms with Crippen molar-refractivity contribution in [2.45, 2.75) is 43.6 Å². The van der Waals surface area contributed by atoms with E-state index >= 15 is 0 Å². The summed E-state index contributed by atoms with van der Waals surface area (Å²) in [5, 5.41) is 7.79. The van der Waals surface area contributed by atoms with Crippen LogP contribution in [0.4, 0.5) is 0 Å². The number of hydrogen-bond donors (Lipinski definition) is 1. The molecule has 1 aliphatic rings. The Morgan fingerprint density at radius 3 is 2.26 bits per heavy atom. The molecule has 152 valence electrons. The van der Waals surface area contributed by atoms with Gasteiger partial charge in [-0.2, -0.15) is 0 Å². The van der Waals surface area contributed by atoms with Gasteiger partial charge in [0, 0.05) is 5.92 Å². The highest BCUT2D eigenvalue weighted by Gasteiger charge is 2.42. The van der Waals surface area contributed by atoms with Crippen LogP contribution in [-0.4, -0.2) is 35.8 Å². The second-order valence-electron chi connectivity index (χ2n) is 6.93. The van der Waals surface area contributed by atoms with Gasteiger partial charge in [-0.05, 0) is 29.5 Å². The Morgan fingerprint density at radius 2 is 1.70 bits per heavy atom. The van der Waals surface area contributed by atoms with Crippen LogP contribution in [0.5, 0.6) is 5.75 Å². The van der Waals surface area contributed by atoms with Crippen LogP contribution in [0.15, 0.2) is 24.3 Å². The van der Waals surface area contributed by atoms with Crippen molar-refractivity contribution >= 4 is 40.7 Å². The van der Waals surface area contributed by atoms with Crippen molar-refractivity contribution in [1.29, 1.82) is 5.41 Å². The molecule has 1 fully saturated rings. The fourth-order valence-electron chi connectivity index (χ4n) is 3.01. The number of methoxy groups -OCH3 is 1. The molecule has 2 rings (SSSR count). The number of benzene rings is 1. The molecular weight excluding hydrogens is 413 g/mol. The van der Waals surface area contributed by atoms with E-state index < -0.39 is 16.0 Å². The van der Waals surface area contributed by atoms with E-state index in [1.165, 1.54) is 0 Å². The van der Waals surface area contributed by atoms with Gasteiger partial charge in [0.1, 0.15) is 5.75 Å². The first-order valence-electron chi connectivity index (χ1n) is 8.82. The summed E-state index contributed by atoms with van der Waals surface area (Å²) < 4.78 is 20.6. The Labute approximate surface area is 175 Å². The zero-order chi connectivity index (χ0) is 20.2. The summed E-state index contributed by atoms with van der Waals surface area (Å²) in [5.74, 6) is 0.968. The first kappa shape index (κ1) is 22.6. The molecule has 1 N–H and O–H groups in total. The Bertz CT molecular complexity index is 620. The predicted molar refractivity (Wildman–Crippen MR) is 108 cm³/mol. The monoisotopic (exact) mass is 437 g/mol. The van der Waals surface area contributed by atoms with Crippen molar-refractivity contribution in [2.75, 3.05) is 13.7 Å². The quantitative estimate of drug-likeness (QED) is 0.376. The Kier molecular flexibility index (Phi) is 8.07. The first-order chi connectivity index (χ1) is 12.6. The van der Waals surface area contributed by atoms with Crippen LogP contribution >= 0.6 is 34.8 Å². The molecule has 0 aliphatic carbocycles. The van der Waals surface area contributed by atoms with Crippen LogP contribution in [-0.2, 0) is 20.8 Å². The molecule has 1 heterocycles. The number of hydrogen-bond acceptors (Lipinski definition) is 5. The van der Waals surface area contributed by atoms with Crippen molar-refractivity contribution in [1.82, 2.24) is 0 Å². The standard InChI is InChI=1S/C19H26Cl3NO4/c1-11-12(2)16(10-25-9-14-5-7-15(24-4)8-6-14)26-17(13(11)3)27-18(23)19(20,21)22/h5-8,11-13,16-17,23H,9-10H2,1-4H3/t11-,12-,13?,16?,17?/m0/s1. The molecule has 0 aromatic heterocycles. The maximum atomic E-state index is 7.79. The molecular formula is C19H26Cl3NO4. The number of rotatable bonds is 6. The van der Waals surface area contributed by atoms with E-state index in [1.54, 1.807) is 7.11 Å². The number of alkyl halides is 3. The van der Waals surface area contributed by atoms with E-state index in [0.717, 1.165) is 11.3 Å². The summed E-state index contributed by atoms with van der Waals surface area (Å²) in [6, 6.07) is 7.72. The largest absolute Gasteiger partial charge is 0.497 e. The average molecular weight is 439 g/mol. The molecule has 1 aromatic carbocycles. The fraction of sp³-hybridized carbons (Fsp3) is 0.632. The molecule has 5 atom stereocenters. The van der Waals surface area contributed by atoms with Crippen LogP contribution in [0.3, 0.4) is 0 Å². The minimum atomic E-state index is -1.91. The van der Waals surface area contributed by atoms with Crippen molar-refractivity contribution < 1.29 is 18.9 Å². The van der Waals surface area contributed by atoms with Crippen LogP contribution < -0.4 is 4.74 Å². The highest BCUT2D eigenvalue weighted by molar-refractivity contribution is 6.76. The average Bonchev–Trinajstić information content (AvgIpc) is 2.63. The number of halogens is 3. The third-order valence-electron chi connectivity index (χ3n) is 5.18. The molecule has 3 unspecified atom stereocenters. The molecule has 1 aromatic rings. The predicted octanol–water partition coefficient (Wildman–Crippen LogP) is 5.21. The molecule has 0 radical (unpaired) electrons. The van der Waals surface area contributed by atoms with Crippen LogP contribution in [0, 0.1) is 23.2 Å². The summed E-state index contributed by atoms with van der Waals surface area (Å²) in [7, 11) is 1.64. The normalized spacial score (nSPS) is 28.6. The molecule has 0 amide bonds. The zero-order valence-electron chi connectivity index (χ0n) is 15.9. The maximum absolute atomic E-state index is 7.79. The first-order valence-corrected chi connectivity index (χ1v) is 9.95. The second kappa shape index (κ2) is 9.66. The van der Waals surface area contributed by atoms with Crippen LogP contribution in [0.25, 0.3) is 0 Å². The summed E-state index contributed by atoms with van der Waals surface area (Å²) in [6.45, 7) is 7.13. The van der Waals surface area contributed by atoms with E-state index in [4.69, 9.17) is 59.2 Å². The minimum Gasteiger partial charge on any atom is -0.497 e. The molecule has 1 saturated heterocycles. The van der Waals surface area contributed by atoms with Gasteiger partial charge in [0.2, 0.25) is 12.2 Å². The molecule has 5 nitrogen and oxygen atoms in total. The smallest absolute Gasteiger partial charge is 0.265 e. The number of ether oxygens (including phenoxy) is 4. The summed E-state index contributed by atoms with van der Waals surface area (Å²) in [4.78, 5) is 0. The SMILES string of the molecule is COc1ccc(COCC2OC(OC(=N)C(Cl)(Cl)Cl)C(C)[C@@H](C)[C@@H]2C)cc1. The van der Waals surface area contributed by atoms with Crippen molar-refractivity contribution in [2.24, 2.45) is 17.8 Å². The minimum absolute atomic E-state index is 0.0468. The van der Waals surface area contributed by atoms with Gasteiger partial charge in [-0.3, -0.25) is 5.41 Å². The Morgan fingerprint density at radius 1 is 1.07 bits per heavy atom. The van der Waals surface area contributed by atoms with Crippen LogP contribution in [0.2, 0.25) is 0 Å². The lowest BCUT2D eigenvalue weighted by Gasteiger charge is -2.43. The van der Waals surface area contributed by atoms with Gasteiger partial charge in [-0.25, -0.2) is 0 Å². The molecule has 1 aliphatic heterocycles. The summed E-state index contributed by atoms with van der Waals surface area (Å²) in [6.07, 6.45) is -0.837. The Balaban J connectivity index is 1.93. The molecule has 0 saturated carbocycles. The Hall–Kier alpha value is -0.720. The summed E-state index contributed by atoms with van der Waals surface area (Å²) in [5.41, 5.74) is 1.05. The van der Waals surface area contributed by atoms with E-state index in [9.17, 15) is 0 Å². The van der Waals surface area contributed by atoms with Gasteiger partial charge in [0.15, 0.2) is 0 Å². The zero-order valence-corrected chi connectivity index (χ0v) is 18.1. The van der Waals surface area contributed by atoms with Gasteiger partial charge in [-0.1, -0.05) is 67.7 Å². The maximum Gasteiger partial charge on any atom is 0.265 e. The molecule has 0 bridgehead atoms. The van der Waals surface area contributed by atoms with Gasteiger partial charge < -0.3 is 18.9 Å². The molecule has 8 heteroatoms. The highest BCUT2D eigenvalue weighted by atomic mass is 35.6. The van der Waals surface area contributed by atoms with E-state index in [-0.39, 0.29) is 17.9 Å². The van der Waals surface area contributed by atoms with Crippen LogP contribution in [0.1, 0.15) is 26.3 Å². The lowest BCUT2D eigenvalue weighted by atomic mass is 9.79. The third-order valence-corrected chi connectivity index (χ3v) is 5.70. The highest BCUT2D eigenvalue weighted by Crippen LogP contribution is 2.37. The third kappa shape index (κ3) is 6.13. The topological polar surface area (TPSA) is 60.8 Å². The lowest BCUT2D eigenvalue weighted by molar-refractivity contribution is -0.230. The van der Waals surface area contributed by atoms with E-state index in [0.29, 0.717) is 19.1 Å². The number of nitrogens with one attached hydrogen (secondary N) is 1. The molecule has 27 heavy (non-hydrogen) atoms. The fourth-order valence-corrected chi connectivity index (χ4v) is 3.14. The van der Waals surface area contributed by atoms with Gasteiger partial charge in [-0.15, -0.1) is 0 Å². The van der Waals surface area contributed by atoms with Crippen molar-refractivity contribution in [3.8, 4) is 5.75 Å². The van der Waals surface area contributed by atoms with Gasteiger partial charge in [0.05, 0.1) is 26.4 Å². The van der Waals surface area contributed by atoms with Crippen molar-refractivity contribution in [3.05, 3.63) is 29.8 Å². The van der Waals surface area contributed by atoms with E-state index in [2.05, 4.69) is 13.8 Å². The van der Waals surface area contributed by atoms with Gasteiger partial charge in [0.25, 0.3) is 3.79 Å². The lowest BCUT2D eigenvalue weighted by Crippen LogP contribution is -2.49. The molecule has 0 spiro atoms. The second-order valence-corrected chi connectivity index (χ2v) is 9.21. The van der Waals surface area contributed by atoms with Crippen molar-refractivity contribution in [3.63, 3.8) is 0 Å².